The molecule has 0 spiro atoms. The van der Waals surface area contributed by atoms with E-state index in [0.29, 0.717) is 11.3 Å². The molecule has 1 heterocycles. The maximum atomic E-state index is 5.75. The fourth-order valence-corrected chi connectivity index (χ4v) is 3.17. The van der Waals surface area contributed by atoms with E-state index in [-0.39, 0.29) is 0 Å². The summed E-state index contributed by atoms with van der Waals surface area (Å²) in [4.78, 5) is 0. The second kappa shape index (κ2) is 4.61. The van der Waals surface area contributed by atoms with Crippen LogP contribution in [-0.4, -0.2) is 6.54 Å². The molecule has 3 rings (SSSR count). The summed E-state index contributed by atoms with van der Waals surface area (Å²) in [5.74, 6) is 1.48. The first-order chi connectivity index (χ1) is 8.68. The average molecular weight is 307 g/mol. The quantitative estimate of drug-likeness (QED) is 0.896. The van der Waals surface area contributed by atoms with Gasteiger partial charge in [0.2, 0.25) is 0 Å². The van der Waals surface area contributed by atoms with Crippen LogP contribution in [0, 0.1) is 5.92 Å². The Kier molecular flexibility index (Phi) is 3.10. The van der Waals surface area contributed by atoms with Crippen molar-refractivity contribution in [2.75, 3.05) is 6.54 Å². The molecule has 1 fully saturated rings. The normalized spacial score (nSPS) is 24.5. The smallest absolute Gasteiger partial charge is 0.0922 e. The highest BCUT2D eigenvalue weighted by Crippen LogP contribution is 2.52. The highest BCUT2D eigenvalue weighted by Gasteiger charge is 2.43. The van der Waals surface area contributed by atoms with Crippen molar-refractivity contribution in [3.05, 3.63) is 46.2 Å². The Bertz CT molecular complexity index is 460. The van der Waals surface area contributed by atoms with Crippen LogP contribution in [0.1, 0.15) is 31.2 Å². The molecule has 1 aromatic rings. The van der Waals surface area contributed by atoms with Gasteiger partial charge in [-0.15, -0.1) is 0 Å². The van der Waals surface area contributed by atoms with Crippen LogP contribution in [-0.2, 0) is 5.41 Å². The highest BCUT2D eigenvalue weighted by molar-refractivity contribution is 9.10. The van der Waals surface area contributed by atoms with Gasteiger partial charge in [-0.3, -0.25) is 0 Å². The van der Waals surface area contributed by atoms with Crippen LogP contribution in [0.2, 0.25) is 0 Å². The Labute approximate surface area is 117 Å². The van der Waals surface area contributed by atoms with Gasteiger partial charge in [0.15, 0.2) is 0 Å². The summed E-state index contributed by atoms with van der Waals surface area (Å²) < 4.78 is 1.16. The summed E-state index contributed by atoms with van der Waals surface area (Å²) in [6.07, 6.45) is 7.38. The molecule has 1 aliphatic carbocycles. The molecular weight excluding hydrogens is 288 g/mol. The standard InChI is InChI=1S/C15H19BrN2/c16-13-3-1-12(2-4-13)15(7-8-15)6-5-11-9-14(17)18-10-11/h1-4,9,11,18H,5-8,10,17H2/t11-/m0/s1. The third kappa shape index (κ3) is 2.41. The van der Waals surface area contributed by atoms with Gasteiger partial charge in [0.05, 0.1) is 5.82 Å². The lowest BCUT2D eigenvalue weighted by Gasteiger charge is -2.17. The number of nitrogens with two attached hydrogens (primary N) is 1. The van der Waals surface area contributed by atoms with Gasteiger partial charge in [-0.1, -0.05) is 28.1 Å². The summed E-state index contributed by atoms with van der Waals surface area (Å²) in [6, 6.07) is 8.86. The Morgan fingerprint density at radius 3 is 2.56 bits per heavy atom. The van der Waals surface area contributed by atoms with E-state index < -0.39 is 0 Å². The van der Waals surface area contributed by atoms with Gasteiger partial charge in [-0.2, -0.15) is 0 Å². The van der Waals surface area contributed by atoms with Crippen LogP contribution in [0.4, 0.5) is 0 Å². The number of hydrogen-bond acceptors (Lipinski definition) is 2. The molecule has 0 saturated heterocycles. The van der Waals surface area contributed by atoms with Crippen LogP contribution >= 0.6 is 15.9 Å². The summed E-state index contributed by atoms with van der Waals surface area (Å²) in [5.41, 5.74) is 7.72. The van der Waals surface area contributed by atoms with Crippen molar-refractivity contribution in [2.24, 2.45) is 11.7 Å². The van der Waals surface area contributed by atoms with Gasteiger partial charge >= 0.3 is 0 Å². The highest BCUT2D eigenvalue weighted by atomic mass is 79.9. The van der Waals surface area contributed by atoms with Crippen LogP contribution in [0.5, 0.6) is 0 Å². The van der Waals surface area contributed by atoms with Crippen molar-refractivity contribution >= 4 is 15.9 Å². The van der Waals surface area contributed by atoms with Crippen LogP contribution in [0.25, 0.3) is 0 Å². The molecule has 0 aromatic heterocycles. The first-order valence-corrected chi connectivity index (χ1v) is 7.44. The lowest BCUT2D eigenvalue weighted by molar-refractivity contribution is 0.501. The average Bonchev–Trinajstić information content (AvgIpc) is 3.05. The van der Waals surface area contributed by atoms with Gasteiger partial charge in [0, 0.05) is 11.0 Å². The van der Waals surface area contributed by atoms with E-state index in [1.165, 1.54) is 31.2 Å². The lowest BCUT2D eigenvalue weighted by Crippen LogP contribution is -2.17. The van der Waals surface area contributed by atoms with E-state index in [0.717, 1.165) is 16.8 Å². The zero-order valence-corrected chi connectivity index (χ0v) is 12.0. The number of halogens is 1. The summed E-state index contributed by atoms with van der Waals surface area (Å²) >= 11 is 3.50. The fourth-order valence-electron chi connectivity index (χ4n) is 2.91. The van der Waals surface area contributed by atoms with Crippen LogP contribution < -0.4 is 11.1 Å². The Hall–Kier alpha value is -0.960. The maximum absolute atomic E-state index is 5.75. The van der Waals surface area contributed by atoms with Crippen molar-refractivity contribution < 1.29 is 0 Å². The Morgan fingerprint density at radius 1 is 1.28 bits per heavy atom. The van der Waals surface area contributed by atoms with Gasteiger partial charge < -0.3 is 11.1 Å². The second-order valence-corrected chi connectivity index (χ2v) is 6.50. The maximum Gasteiger partial charge on any atom is 0.0922 e. The first-order valence-electron chi connectivity index (χ1n) is 6.65. The van der Waals surface area contributed by atoms with Crippen LogP contribution in [0.15, 0.2) is 40.6 Å². The van der Waals surface area contributed by atoms with Crippen LogP contribution in [0.3, 0.4) is 0 Å². The topological polar surface area (TPSA) is 38.0 Å². The Balaban J connectivity index is 1.63. The van der Waals surface area contributed by atoms with E-state index in [4.69, 9.17) is 5.73 Å². The molecule has 18 heavy (non-hydrogen) atoms. The van der Waals surface area contributed by atoms with E-state index in [2.05, 4.69) is 51.6 Å². The minimum absolute atomic E-state index is 0.464. The molecule has 3 N–H and O–H groups in total. The number of hydrogen-bond donors (Lipinski definition) is 2. The Morgan fingerprint density at radius 2 is 2.00 bits per heavy atom. The van der Waals surface area contributed by atoms with Gasteiger partial charge in [-0.25, -0.2) is 0 Å². The second-order valence-electron chi connectivity index (χ2n) is 5.59. The van der Waals surface area contributed by atoms with Gasteiger partial charge in [0.1, 0.15) is 0 Å². The molecule has 2 nitrogen and oxygen atoms in total. The monoisotopic (exact) mass is 306 g/mol. The molecule has 3 heteroatoms. The number of rotatable bonds is 4. The molecule has 1 saturated carbocycles. The molecule has 0 radical (unpaired) electrons. The molecule has 1 aliphatic heterocycles. The first kappa shape index (κ1) is 12.1. The van der Waals surface area contributed by atoms with E-state index in [1.54, 1.807) is 0 Å². The molecule has 1 atom stereocenters. The molecule has 0 amide bonds. The summed E-state index contributed by atoms with van der Waals surface area (Å²) in [5, 5.41) is 3.21. The molecule has 0 unspecified atom stereocenters. The van der Waals surface area contributed by atoms with Gasteiger partial charge in [0.25, 0.3) is 0 Å². The molecule has 96 valence electrons. The SMILES string of the molecule is NC1=C[C@H](CCC2(c3ccc(Br)cc3)CC2)CN1. The van der Waals surface area contributed by atoms with E-state index >= 15 is 0 Å². The van der Waals surface area contributed by atoms with Crippen molar-refractivity contribution in [3.8, 4) is 0 Å². The van der Waals surface area contributed by atoms with Crippen molar-refractivity contribution in [1.29, 1.82) is 0 Å². The van der Waals surface area contributed by atoms with E-state index in [1.807, 2.05) is 0 Å². The lowest BCUT2D eigenvalue weighted by atomic mass is 9.88. The van der Waals surface area contributed by atoms with Crippen molar-refractivity contribution in [1.82, 2.24) is 5.32 Å². The summed E-state index contributed by atoms with van der Waals surface area (Å²) in [7, 11) is 0. The largest absolute Gasteiger partial charge is 0.386 e. The third-order valence-electron chi connectivity index (χ3n) is 4.29. The van der Waals surface area contributed by atoms with Gasteiger partial charge in [-0.05, 0) is 60.8 Å². The molecular formula is C15H19BrN2. The zero-order chi connectivity index (χ0) is 12.6. The minimum Gasteiger partial charge on any atom is -0.386 e. The summed E-state index contributed by atoms with van der Waals surface area (Å²) in [6.45, 7) is 1.02. The zero-order valence-electron chi connectivity index (χ0n) is 10.5. The third-order valence-corrected chi connectivity index (χ3v) is 4.82. The van der Waals surface area contributed by atoms with Crippen molar-refractivity contribution in [2.45, 2.75) is 31.1 Å². The predicted octanol–water partition coefficient (Wildman–Crippen LogP) is 3.28. The van der Waals surface area contributed by atoms with Crippen molar-refractivity contribution in [3.63, 3.8) is 0 Å². The molecule has 2 aliphatic rings. The molecule has 1 aromatic carbocycles. The molecule has 0 bridgehead atoms. The van der Waals surface area contributed by atoms with E-state index in [9.17, 15) is 0 Å². The predicted molar refractivity (Wildman–Crippen MR) is 78.1 cm³/mol. The fraction of sp³-hybridized carbons (Fsp3) is 0.467. The number of nitrogens with one attached hydrogen (secondary N) is 1. The minimum atomic E-state index is 0.464. The number of benzene rings is 1.